The van der Waals surface area contributed by atoms with Gasteiger partial charge in [0.15, 0.2) is 0 Å². The summed E-state index contributed by atoms with van der Waals surface area (Å²) in [6, 6.07) is 0. The van der Waals surface area contributed by atoms with Crippen LogP contribution in [0.4, 0.5) is 0 Å². The normalized spacial score (nSPS) is 12.1. The van der Waals surface area contributed by atoms with Crippen molar-refractivity contribution in [2.24, 2.45) is 11.7 Å². The Kier molecular flexibility index (Phi) is 15.0. The molecule has 5 heteroatoms. The monoisotopic (exact) mass is 329 g/mol. The van der Waals surface area contributed by atoms with Gasteiger partial charge in [0, 0.05) is 26.1 Å². The number of esters is 1. The Balaban J connectivity index is 3.19. The molecule has 0 aromatic heterocycles. The van der Waals surface area contributed by atoms with E-state index in [1.807, 2.05) is 6.92 Å². The molecule has 23 heavy (non-hydrogen) atoms. The van der Waals surface area contributed by atoms with Crippen LogP contribution in [0.3, 0.4) is 0 Å². The molecule has 0 aliphatic heterocycles. The van der Waals surface area contributed by atoms with Gasteiger partial charge in [-0.3, -0.25) is 9.59 Å². The second kappa shape index (κ2) is 15.8. The molecule has 0 aromatic rings. The van der Waals surface area contributed by atoms with E-state index in [0.29, 0.717) is 32.0 Å². The van der Waals surface area contributed by atoms with Gasteiger partial charge in [0.1, 0.15) is 0 Å². The third kappa shape index (κ3) is 17.1. The lowest BCUT2D eigenvalue weighted by Gasteiger charge is -2.10. The van der Waals surface area contributed by atoms with Crippen molar-refractivity contribution >= 4 is 11.9 Å². The number of primary amides is 1. The maximum atomic E-state index is 11.1. The van der Waals surface area contributed by atoms with E-state index in [-0.39, 0.29) is 11.9 Å². The van der Waals surface area contributed by atoms with Crippen LogP contribution in [0.15, 0.2) is 0 Å². The molecule has 0 saturated heterocycles. The summed E-state index contributed by atoms with van der Waals surface area (Å²) in [5, 5.41) is 0. The average molecular weight is 329 g/mol. The Morgan fingerprint density at radius 2 is 1.57 bits per heavy atom. The smallest absolute Gasteiger partial charge is 0.305 e. The second-order valence-corrected chi connectivity index (χ2v) is 6.21. The van der Waals surface area contributed by atoms with E-state index in [2.05, 4.69) is 6.92 Å². The Morgan fingerprint density at radius 3 is 2.17 bits per heavy atom. The first-order chi connectivity index (χ1) is 11.1. The fraction of sp³-hybridized carbons (Fsp3) is 0.889. The Labute approximate surface area is 141 Å². The summed E-state index contributed by atoms with van der Waals surface area (Å²) in [6.45, 7) is 5.90. The van der Waals surface area contributed by atoms with Gasteiger partial charge in [0.05, 0.1) is 6.61 Å². The zero-order valence-corrected chi connectivity index (χ0v) is 15.0. The van der Waals surface area contributed by atoms with Gasteiger partial charge >= 0.3 is 5.97 Å². The van der Waals surface area contributed by atoms with E-state index in [1.165, 1.54) is 25.7 Å². The van der Waals surface area contributed by atoms with Crippen molar-refractivity contribution in [3.63, 3.8) is 0 Å². The van der Waals surface area contributed by atoms with E-state index in [9.17, 15) is 9.59 Å². The SMILES string of the molecule is CCOC(=O)CCCCCCCCCOC[C@@H](C)CCC(N)=O. The number of rotatable bonds is 16. The van der Waals surface area contributed by atoms with Gasteiger partial charge in [-0.05, 0) is 32.1 Å². The number of carbonyl (C=O) groups excluding carboxylic acids is 2. The van der Waals surface area contributed by atoms with Crippen LogP contribution in [0.2, 0.25) is 0 Å². The molecule has 0 bridgehead atoms. The number of nitrogens with two attached hydrogens (primary N) is 1. The van der Waals surface area contributed by atoms with Crippen LogP contribution in [0.25, 0.3) is 0 Å². The highest BCUT2D eigenvalue weighted by molar-refractivity contribution is 5.73. The van der Waals surface area contributed by atoms with Gasteiger partial charge in [-0.1, -0.05) is 39.0 Å². The third-order valence-electron chi connectivity index (χ3n) is 3.76. The summed E-state index contributed by atoms with van der Waals surface area (Å²) in [4.78, 5) is 21.8. The molecule has 0 saturated carbocycles. The van der Waals surface area contributed by atoms with Crippen LogP contribution in [-0.2, 0) is 19.1 Å². The minimum atomic E-state index is -0.237. The molecule has 136 valence electrons. The van der Waals surface area contributed by atoms with Crippen molar-refractivity contribution in [2.45, 2.75) is 78.1 Å². The van der Waals surface area contributed by atoms with Gasteiger partial charge in [-0.25, -0.2) is 0 Å². The summed E-state index contributed by atoms with van der Waals surface area (Å²) >= 11 is 0. The maximum absolute atomic E-state index is 11.1. The molecule has 1 atom stereocenters. The van der Waals surface area contributed by atoms with Gasteiger partial charge in [0.2, 0.25) is 5.91 Å². The first-order valence-corrected chi connectivity index (χ1v) is 9.08. The average Bonchev–Trinajstić information content (AvgIpc) is 2.50. The predicted molar refractivity (Wildman–Crippen MR) is 92.0 cm³/mol. The van der Waals surface area contributed by atoms with Crippen molar-refractivity contribution in [3.8, 4) is 0 Å². The number of unbranched alkanes of at least 4 members (excludes halogenated alkanes) is 6. The molecular formula is C18H35NO4. The lowest BCUT2D eigenvalue weighted by molar-refractivity contribution is -0.143. The van der Waals surface area contributed by atoms with Gasteiger partial charge in [-0.15, -0.1) is 0 Å². The van der Waals surface area contributed by atoms with Crippen LogP contribution in [0.1, 0.15) is 78.1 Å². The molecule has 0 aliphatic carbocycles. The topological polar surface area (TPSA) is 78.6 Å². The van der Waals surface area contributed by atoms with Gasteiger partial charge < -0.3 is 15.2 Å². The lowest BCUT2D eigenvalue weighted by atomic mass is 10.1. The minimum Gasteiger partial charge on any atom is -0.466 e. The molecule has 0 spiro atoms. The van der Waals surface area contributed by atoms with Crippen LogP contribution in [0.5, 0.6) is 0 Å². The van der Waals surface area contributed by atoms with E-state index in [4.69, 9.17) is 15.2 Å². The van der Waals surface area contributed by atoms with E-state index in [1.54, 1.807) is 0 Å². The fourth-order valence-electron chi connectivity index (χ4n) is 2.35. The Bertz CT molecular complexity index is 307. The number of ether oxygens (including phenoxy) is 2. The molecule has 0 aromatic carbocycles. The molecular weight excluding hydrogens is 294 g/mol. The van der Waals surface area contributed by atoms with Crippen molar-refractivity contribution < 1.29 is 19.1 Å². The highest BCUT2D eigenvalue weighted by atomic mass is 16.5. The Morgan fingerprint density at radius 1 is 0.957 bits per heavy atom. The van der Waals surface area contributed by atoms with Crippen LogP contribution in [-0.4, -0.2) is 31.7 Å². The fourth-order valence-corrected chi connectivity index (χ4v) is 2.35. The molecule has 2 N–H and O–H groups in total. The van der Waals surface area contributed by atoms with Crippen LogP contribution in [0, 0.1) is 5.92 Å². The number of hydrogen-bond donors (Lipinski definition) is 1. The molecule has 0 fully saturated rings. The molecule has 5 nitrogen and oxygen atoms in total. The number of hydrogen-bond acceptors (Lipinski definition) is 4. The van der Waals surface area contributed by atoms with Gasteiger partial charge in [0.25, 0.3) is 0 Å². The summed E-state index contributed by atoms with van der Waals surface area (Å²) in [7, 11) is 0. The van der Waals surface area contributed by atoms with Crippen molar-refractivity contribution in [1.29, 1.82) is 0 Å². The third-order valence-corrected chi connectivity index (χ3v) is 3.76. The van der Waals surface area contributed by atoms with E-state index >= 15 is 0 Å². The minimum absolute atomic E-state index is 0.0743. The van der Waals surface area contributed by atoms with Crippen molar-refractivity contribution in [2.75, 3.05) is 19.8 Å². The zero-order chi connectivity index (χ0) is 17.3. The van der Waals surface area contributed by atoms with E-state index in [0.717, 1.165) is 32.3 Å². The lowest BCUT2D eigenvalue weighted by Crippen LogP contribution is -2.14. The molecule has 0 unspecified atom stereocenters. The summed E-state index contributed by atoms with van der Waals surface area (Å²) in [6.07, 6.45) is 9.75. The highest BCUT2D eigenvalue weighted by Crippen LogP contribution is 2.10. The quantitative estimate of drug-likeness (QED) is 0.347. The van der Waals surface area contributed by atoms with Crippen molar-refractivity contribution in [1.82, 2.24) is 0 Å². The van der Waals surface area contributed by atoms with Crippen LogP contribution < -0.4 is 5.73 Å². The van der Waals surface area contributed by atoms with Crippen molar-refractivity contribution in [3.05, 3.63) is 0 Å². The van der Waals surface area contributed by atoms with Gasteiger partial charge in [-0.2, -0.15) is 0 Å². The molecule has 0 aliphatic rings. The highest BCUT2D eigenvalue weighted by Gasteiger charge is 2.04. The molecule has 1 amide bonds. The molecule has 0 heterocycles. The summed E-state index contributed by atoms with van der Waals surface area (Å²) in [5.74, 6) is 0.0794. The standard InChI is InChI=1S/C18H35NO4/c1-3-23-18(21)11-9-7-5-4-6-8-10-14-22-15-16(2)12-13-17(19)20/h16H,3-15H2,1-2H3,(H2,19,20)/t16-/m0/s1. The number of amides is 1. The first-order valence-electron chi connectivity index (χ1n) is 9.08. The Hall–Kier alpha value is -1.10. The maximum Gasteiger partial charge on any atom is 0.305 e. The summed E-state index contributed by atoms with van der Waals surface area (Å²) < 4.78 is 10.5. The second-order valence-electron chi connectivity index (χ2n) is 6.21. The molecule has 0 rings (SSSR count). The largest absolute Gasteiger partial charge is 0.466 e. The predicted octanol–water partition coefficient (Wildman–Crippen LogP) is 3.59. The zero-order valence-electron chi connectivity index (χ0n) is 15.0. The van der Waals surface area contributed by atoms with E-state index < -0.39 is 0 Å². The number of carbonyl (C=O) groups is 2. The molecule has 0 radical (unpaired) electrons. The first kappa shape index (κ1) is 21.9. The van der Waals surface area contributed by atoms with Crippen LogP contribution >= 0.6 is 0 Å². The summed E-state index contributed by atoms with van der Waals surface area (Å²) in [5.41, 5.74) is 5.12.